The summed E-state index contributed by atoms with van der Waals surface area (Å²) in [7, 11) is 2.92. The highest BCUT2D eigenvalue weighted by Gasteiger charge is 2.37. The molecule has 3 rings (SSSR count). The minimum atomic E-state index is -4.76. The molecule has 2 aromatic carbocycles. The van der Waals surface area contributed by atoms with E-state index in [0.717, 1.165) is 12.1 Å². The van der Waals surface area contributed by atoms with Crippen molar-refractivity contribution >= 4 is 17.5 Å². The van der Waals surface area contributed by atoms with Crippen LogP contribution in [0.25, 0.3) is 0 Å². The van der Waals surface area contributed by atoms with Gasteiger partial charge < -0.3 is 19.7 Å². The fourth-order valence-corrected chi connectivity index (χ4v) is 3.42. The van der Waals surface area contributed by atoms with E-state index in [2.05, 4.69) is 5.32 Å². The summed E-state index contributed by atoms with van der Waals surface area (Å²) in [4.78, 5) is 26.4. The summed E-state index contributed by atoms with van der Waals surface area (Å²) >= 11 is 0. The average molecular weight is 440 g/mol. The van der Waals surface area contributed by atoms with E-state index in [0.29, 0.717) is 23.3 Å². The summed E-state index contributed by atoms with van der Waals surface area (Å²) in [6.45, 7) is -0.395. The predicted molar refractivity (Wildman–Crippen MR) is 103 cm³/mol. The van der Waals surface area contributed by atoms with Crippen molar-refractivity contribution in [2.45, 2.75) is 19.1 Å². The number of halogens is 4. The number of nitrogens with one attached hydrogen (secondary N) is 1. The highest BCUT2D eigenvalue weighted by molar-refractivity contribution is 6.01. The number of carbonyl (C=O) groups excluding carboxylic acids is 2. The topological polar surface area (TPSA) is 67.9 Å². The van der Waals surface area contributed by atoms with Crippen LogP contribution in [0, 0.1) is 11.7 Å². The zero-order chi connectivity index (χ0) is 22.8. The number of anilines is 1. The van der Waals surface area contributed by atoms with E-state index in [4.69, 9.17) is 9.47 Å². The smallest absolute Gasteiger partial charge is 0.416 e. The third-order valence-electron chi connectivity index (χ3n) is 5.00. The van der Waals surface area contributed by atoms with Crippen LogP contribution < -0.4 is 19.7 Å². The van der Waals surface area contributed by atoms with Crippen LogP contribution in [0.4, 0.5) is 23.2 Å². The number of methoxy groups -OCH3 is 2. The molecular formula is C21H20F4N2O4. The molecule has 0 bridgehead atoms. The first-order valence-corrected chi connectivity index (χ1v) is 9.29. The summed E-state index contributed by atoms with van der Waals surface area (Å²) in [6.07, 6.45) is -4.86. The number of amides is 2. The van der Waals surface area contributed by atoms with Crippen molar-refractivity contribution in [1.29, 1.82) is 0 Å². The second-order valence-electron chi connectivity index (χ2n) is 6.96. The van der Waals surface area contributed by atoms with Gasteiger partial charge >= 0.3 is 6.18 Å². The molecule has 0 radical (unpaired) electrons. The van der Waals surface area contributed by atoms with Crippen LogP contribution in [0.3, 0.4) is 0 Å². The Morgan fingerprint density at radius 3 is 2.55 bits per heavy atom. The van der Waals surface area contributed by atoms with Crippen molar-refractivity contribution in [2.24, 2.45) is 5.92 Å². The number of alkyl halides is 3. The Bertz CT molecular complexity index is 994. The van der Waals surface area contributed by atoms with E-state index >= 15 is 0 Å². The number of rotatable bonds is 6. The van der Waals surface area contributed by atoms with Gasteiger partial charge in [-0.2, -0.15) is 13.2 Å². The van der Waals surface area contributed by atoms with E-state index in [1.165, 1.54) is 19.1 Å². The van der Waals surface area contributed by atoms with Gasteiger partial charge in [-0.3, -0.25) is 9.59 Å². The molecule has 0 saturated carbocycles. The van der Waals surface area contributed by atoms with Crippen molar-refractivity contribution in [2.75, 3.05) is 25.7 Å². The molecule has 1 atom stereocenters. The van der Waals surface area contributed by atoms with Crippen molar-refractivity contribution in [3.05, 3.63) is 53.3 Å². The second-order valence-corrected chi connectivity index (χ2v) is 6.96. The maximum absolute atomic E-state index is 13.2. The van der Waals surface area contributed by atoms with Gasteiger partial charge in [0.2, 0.25) is 11.8 Å². The van der Waals surface area contributed by atoms with Gasteiger partial charge in [-0.25, -0.2) is 4.39 Å². The Kier molecular flexibility index (Phi) is 6.37. The normalized spacial score (nSPS) is 16.4. The molecule has 0 aliphatic carbocycles. The first kappa shape index (κ1) is 22.4. The third-order valence-corrected chi connectivity index (χ3v) is 5.00. The van der Waals surface area contributed by atoms with Gasteiger partial charge in [-0.05, 0) is 29.8 Å². The third kappa shape index (κ3) is 4.89. The van der Waals surface area contributed by atoms with Crippen LogP contribution in [0.15, 0.2) is 36.4 Å². The first-order chi connectivity index (χ1) is 14.6. The van der Waals surface area contributed by atoms with Crippen LogP contribution in [0.5, 0.6) is 11.5 Å². The summed E-state index contributed by atoms with van der Waals surface area (Å²) in [6, 6.07) is 7.14. The summed E-state index contributed by atoms with van der Waals surface area (Å²) in [5.74, 6) is -1.75. The maximum Gasteiger partial charge on any atom is 0.416 e. The minimum absolute atomic E-state index is 0.0445. The predicted octanol–water partition coefficient (Wildman–Crippen LogP) is 3.53. The number of nitrogens with zero attached hydrogens (tertiary/aromatic N) is 1. The molecule has 1 aliphatic heterocycles. The SMILES string of the molecule is COc1ccc(N2CC(C(=O)NCc3ccc(F)cc3C(F)(F)F)CC2=O)c(OC)c1. The van der Waals surface area contributed by atoms with Crippen molar-refractivity contribution in [3.8, 4) is 11.5 Å². The van der Waals surface area contributed by atoms with E-state index in [9.17, 15) is 27.2 Å². The van der Waals surface area contributed by atoms with Crippen LogP contribution in [0.2, 0.25) is 0 Å². The van der Waals surface area contributed by atoms with E-state index < -0.39 is 35.9 Å². The summed E-state index contributed by atoms with van der Waals surface area (Å²) in [5, 5.41) is 2.42. The fourth-order valence-electron chi connectivity index (χ4n) is 3.42. The zero-order valence-electron chi connectivity index (χ0n) is 16.8. The highest BCUT2D eigenvalue weighted by Crippen LogP contribution is 2.36. The van der Waals surface area contributed by atoms with E-state index in [1.807, 2.05) is 0 Å². The average Bonchev–Trinajstić information content (AvgIpc) is 3.12. The number of ether oxygens (including phenoxy) is 2. The van der Waals surface area contributed by atoms with Crippen LogP contribution >= 0.6 is 0 Å². The van der Waals surface area contributed by atoms with Gasteiger partial charge in [-0.1, -0.05) is 6.07 Å². The second kappa shape index (κ2) is 8.83. The molecule has 2 amide bonds. The van der Waals surface area contributed by atoms with Crippen molar-refractivity contribution < 1.29 is 36.6 Å². The molecule has 2 aromatic rings. The number of benzene rings is 2. The molecule has 1 aliphatic rings. The molecule has 31 heavy (non-hydrogen) atoms. The summed E-state index contributed by atoms with van der Waals surface area (Å²) in [5.41, 5.74) is -0.957. The molecule has 1 saturated heterocycles. The Labute approximate surface area is 175 Å². The lowest BCUT2D eigenvalue weighted by molar-refractivity contribution is -0.138. The van der Waals surface area contributed by atoms with E-state index in [1.54, 1.807) is 18.2 Å². The molecule has 1 heterocycles. The lowest BCUT2D eigenvalue weighted by Gasteiger charge is -2.20. The number of carbonyl (C=O) groups is 2. The van der Waals surface area contributed by atoms with Gasteiger partial charge in [0.15, 0.2) is 0 Å². The van der Waals surface area contributed by atoms with Crippen LogP contribution in [-0.2, 0) is 22.3 Å². The molecule has 1 fully saturated rings. The van der Waals surface area contributed by atoms with Crippen molar-refractivity contribution in [3.63, 3.8) is 0 Å². The molecule has 10 heteroatoms. The molecular weight excluding hydrogens is 420 g/mol. The number of hydrogen-bond acceptors (Lipinski definition) is 4. The Balaban J connectivity index is 1.71. The molecule has 1 N–H and O–H groups in total. The van der Waals surface area contributed by atoms with Crippen LogP contribution in [0.1, 0.15) is 17.5 Å². The molecule has 1 unspecified atom stereocenters. The molecule has 0 spiro atoms. The highest BCUT2D eigenvalue weighted by atomic mass is 19.4. The Morgan fingerprint density at radius 2 is 1.90 bits per heavy atom. The fraction of sp³-hybridized carbons (Fsp3) is 0.333. The molecule has 166 valence electrons. The number of hydrogen-bond donors (Lipinski definition) is 1. The van der Waals surface area contributed by atoms with Gasteiger partial charge in [0.05, 0.1) is 31.4 Å². The molecule has 0 aromatic heterocycles. The maximum atomic E-state index is 13.2. The Hall–Kier alpha value is -3.30. The monoisotopic (exact) mass is 440 g/mol. The minimum Gasteiger partial charge on any atom is -0.497 e. The van der Waals surface area contributed by atoms with Gasteiger partial charge in [-0.15, -0.1) is 0 Å². The zero-order valence-corrected chi connectivity index (χ0v) is 16.8. The summed E-state index contributed by atoms with van der Waals surface area (Å²) < 4.78 is 63.0. The first-order valence-electron chi connectivity index (χ1n) is 9.29. The van der Waals surface area contributed by atoms with Gasteiger partial charge in [0.25, 0.3) is 0 Å². The Morgan fingerprint density at radius 1 is 1.16 bits per heavy atom. The lowest BCUT2D eigenvalue weighted by atomic mass is 10.1. The van der Waals surface area contributed by atoms with Gasteiger partial charge in [0.1, 0.15) is 17.3 Å². The van der Waals surface area contributed by atoms with E-state index in [-0.39, 0.29) is 24.4 Å². The molecule has 6 nitrogen and oxygen atoms in total. The largest absolute Gasteiger partial charge is 0.497 e. The lowest BCUT2D eigenvalue weighted by Crippen LogP contribution is -2.33. The van der Waals surface area contributed by atoms with Gasteiger partial charge in [0, 0.05) is 25.6 Å². The van der Waals surface area contributed by atoms with Crippen LogP contribution in [-0.4, -0.2) is 32.6 Å². The standard InChI is InChI=1S/C21H20F4N2O4/c1-30-15-5-6-17(18(9-15)31-2)27-11-13(7-19(27)28)20(29)26-10-12-3-4-14(22)8-16(12)21(23,24)25/h3-6,8-9,13H,7,10-11H2,1-2H3,(H,26,29). The quantitative estimate of drug-likeness (QED) is 0.698. The van der Waals surface area contributed by atoms with Crippen molar-refractivity contribution in [1.82, 2.24) is 5.32 Å².